The van der Waals surface area contributed by atoms with Gasteiger partial charge in [0, 0.05) is 44.7 Å². The fourth-order valence-corrected chi connectivity index (χ4v) is 4.62. The highest BCUT2D eigenvalue weighted by Gasteiger charge is 2.12. The van der Waals surface area contributed by atoms with E-state index in [1.807, 2.05) is 30.3 Å². The number of nitrogens with one attached hydrogen (secondary N) is 2. The molecule has 34 heavy (non-hydrogen) atoms. The highest BCUT2D eigenvalue weighted by Crippen LogP contribution is 2.27. The second kappa shape index (κ2) is 12.6. The first-order valence-electron chi connectivity index (χ1n) is 11.7. The first-order chi connectivity index (χ1) is 16.7. The van der Waals surface area contributed by atoms with E-state index in [1.54, 1.807) is 6.20 Å². The Labute approximate surface area is 204 Å². The van der Waals surface area contributed by atoms with E-state index in [2.05, 4.69) is 37.6 Å². The molecule has 1 amide bonds. The van der Waals surface area contributed by atoms with Crippen LogP contribution in [-0.4, -0.2) is 71.9 Å². The van der Waals surface area contributed by atoms with Gasteiger partial charge in [-0.3, -0.25) is 9.69 Å². The lowest BCUT2D eigenvalue weighted by molar-refractivity contribution is 0.0384. The van der Waals surface area contributed by atoms with Gasteiger partial charge in [0.15, 0.2) is 0 Å². The third-order valence-electron chi connectivity index (χ3n) is 5.61. The van der Waals surface area contributed by atoms with Crippen molar-refractivity contribution in [1.29, 1.82) is 0 Å². The number of anilines is 2. The van der Waals surface area contributed by atoms with Crippen LogP contribution < -0.4 is 10.6 Å². The summed E-state index contributed by atoms with van der Waals surface area (Å²) in [6.45, 7) is 5.34. The van der Waals surface area contributed by atoms with Gasteiger partial charge in [-0.25, -0.2) is 9.97 Å². The quantitative estimate of drug-likeness (QED) is 0.361. The molecule has 0 aliphatic carbocycles. The number of thiophene rings is 1. The minimum Gasteiger partial charge on any atom is -0.396 e. The maximum absolute atomic E-state index is 12.3. The molecule has 9 heteroatoms. The molecular weight excluding hydrogens is 450 g/mol. The van der Waals surface area contributed by atoms with E-state index >= 15 is 0 Å². The maximum atomic E-state index is 12.3. The number of rotatable bonds is 11. The average Bonchev–Trinajstić information content (AvgIpc) is 3.37. The molecule has 0 unspecified atom stereocenters. The Morgan fingerprint density at radius 3 is 2.88 bits per heavy atom. The normalized spacial score (nSPS) is 14.1. The van der Waals surface area contributed by atoms with Crippen LogP contribution in [0.15, 0.2) is 48.7 Å². The van der Waals surface area contributed by atoms with Gasteiger partial charge < -0.3 is 20.5 Å². The predicted molar refractivity (Wildman–Crippen MR) is 135 cm³/mol. The van der Waals surface area contributed by atoms with Crippen LogP contribution in [0.25, 0.3) is 10.6 Å². The van der Waals surface area contributed by atoms with E-state index in [9.17, 15) is 4.79 Å². The highest BCUT2D eigenvalue weighted by molar-refractivity contribution is 7.17. The van der Waals surface area contributed by atoms with Gasteiger partial charge in [0.05, 0.1) is 28.7 Å². The van der Waals surface area contributed by atoms with Crippen molar-refractivity contribution in [3.05, 3.63) is 59.1 Å². The zero-order valence-electron chi connectivity index (χ0n) is 19.2. The second-order valence-electron chi connectivity index (χ2n) is 8.15. The van der Waals surface area contributed by atoms with Gasteiger partial charge >= 0.3 is 0 Å². The molecule has 0 bridgehead atoms. The molecule has 8 nitrogen and oxygen atoms in total. The van der Waals surface area contributed by atoms with Crippen LogP contribution in [0.1, 0.15) is 28.1 Å². The van der Waals surface area contributed by atoms with E-state index in [1.165, 1.54) is 16.9 Å². The number of aliphatic hydroxyl groups excluding tert-OH is 1. The summed E-state index contributed by atoms with van der Waals surface area (Å²) in [4.78, 5) is 25.3. The molecule has 0 radical (unpaired) electrons. The van der Waals surface area contributed by atoms with Crippen LogP contribution in [0, 0.1) is 0 Å². The van der Waals surface area contributed by atoms with Crippen LogP contribution >= 0.6 is 11.3 Å². The molecule has 1 aromatic carbocycles. The Bertz CT molecular complexity index is 1070. The van der Waals surface area contributed by atoms with E-state index in [-0.39, 0.29) is 12.5 Å². The van der Waals surface area contributed by atoms with Crippen molar-refractivity contribution < 1.29 is 14.6 Å². The van der Waals surface area contributed by atoms with Crippen LogP contribution in [0.3, 0.4) is 0 Å². The number of morpholine rings is 1. The zero-order valence-corrected chi connectivity index (χ0v) is 20.0. The summed E-state index contributed by atoms with van der Waals surface area (Å²) < 4.78 is 5.42. The topological polar surface area (TPSA) is 99.6 Å². The summed E-state index contributed by atoms with van der Waals surface area (Å²) in [5, 5.41) is 15.0. The highest BCUT2D eigenvalue weighted by atomic mass is 32.1. The number of hydrogen-bond acceptors (Lipinski definition) is 8. The minimum atomic E-state index is -0.101. The molecule has 3 N–H and O–H groups in total. The Hall–Kier alpha value is -2.85. The third-order valence-corrected chi connectivity index (χ3v) is 6.72. The van der Waals surface area contributed by atoms with Gasteiger partial charge in [-0.1, -0.05) is 12.1 Å². The summed E-state index contributed by atoms with van der Waals surface area (Å²) in [6, 6.07) is 13.9. The third kappa shape index (κ3) is 7.07. The molecule has 0 atom stereocenters. The Kier molecular flexibility index (Phi) is 8.97. The average molecular weight is 482 g/mol. The van der Waals surface area contributed by atoms with Crippen molar-refractivity contribution in [2.24, 2.45) is 0 Å². The monoisotopic (exact) mass is 481 g/mol. The largest absolute Gasteiger partial charge is 0.396 e. The van der Waals surface area contributed by atoms with Crippen molar-refractivity contribution >= 4 is 28.9 Å². The smallest absolute Gasteiger partial charge is 0.261 e. The fraction of sp³-hybridized carbons (Fsp3) is 0.400. The molecule has 0 saturated carbocycles. The SMILES string of the molecule is O=C(NCCCCO)c1ccc(-c2ccnc(Nc3cccc(CCN4CCOCC4)c3)n2)s1. The lowest BCUT2D eigenvalue weighted by Crippen LogP contribution is -2.37. The fourth-order valence-electron chi connectivity index (χ4n) is 3.73. The Morgan fingerprint density at radius 1 is 1.15 bits per heavy atom. The van der Waals surface area contributed by atoms with Gasteiger partial charge in [0.25, 0.3) is 5.91 Å². The minimum absolute atomic E-state index is 0.101. The summed E-state index contributed by atoms with van der Waals surface area (Å²) in [6.07, 6.45) is 4.15. The van der Waals surface area contributed by atoms with Gasteiger partial charge in [-0.15, -0.1) is 11.3 Å². The molecule has 3 aromatic rings. The number of aromatic nitrogens is 2. The van der Waals surface area contributed by atoms with Crippen LogP contribution in [-0.2, 0) is 11.2 Å². The van der Waals surface area contributed by atoms with Crippen molar-refractivity contribution in [3.8, 4) is 10.6 Å². The van der Waals surface area contributed by atoms with Crippen molar-refractivity contribution in [2.75, 3.05) is 51.3 Å². The first kappa shape index (κ1) is 24.3. The Morgan fingerprint density at radius 2 is 2.03 bits per heavy atom. The number of ether oxygens (including phenoxy) is 1. The molecule has 1 aliphatic heterocycles. The molecule has 2 aromatic heterocycles. The van der Waals surface area contributed by atoms with Crippen LogP contribution in [0.5, 0.6) is 0 Å². The lowest BCUT2D eigenvalue weighted by Gasteiger charge is -2.26. The Balaban J connectivity index is 1.36. The second-order valence-corrected chi connectivity index (χ2v) is 9.23. The number of unbranched alkanes of at least 4 members (excludes halogenated alkanes) is 1. The number of hydrogen-bond donors (Lipinski definition) is 3. The molecule has 3 heterocycles. The molecule has 0 spiro atoms. The molecule has 1 saturated heterocycles. The number of carbonyl (C=O) groups is 1. The predicted octanol–water partition coefficient (Wildman–Crippen LogP) is 3.33. The van der Waals surface area contributed by atoms with E-state index in [0.29, 0.717) is 23.8 Å². The van der Waals surface area contributed by atoms with E-state index < -0.39 is 0 Å². The summed E-state index contributed by atoms with van der Waals surface area (Å²) in [5.41, 5.74) is 2.98. The maximum Gasteiger partial charge on any atom is 0.261 e. The first-order valence-corrected chi connectivity index (χ1v) is 12.5. The standard InChI is InChI=1S/C25H31N5O3S/c31-15-2-1-10-26-24(32)23-7-6-22(34-23)21-8-11-27-25(29-21)28-20-5-3-4-19(18-20)9-12-30-13-16-33-17-14-30/h3-8,11,18,31H,1-2,9-10,12-17H2,(H,26,32)(H,27,28,29). The van der Waals surface area contributed by atoms with Crippen LogP contribution in [0.4, 0.5) is 11.6 Å². The molecule has 1 aliphatic rings. The number of nitrogens with zero attached hydrogens (tertiary/aromatic N) is 3. The number of amides is 1. The van der Waals surface area contributed by atoms with Gasteiger partial charge in [0.2, 0.25) is 5.95 Å². The number of aliphatic hydroxyl groups is 1. The van der Waals surface area contributed by atoms with Crippen LogP contribution in [0.2, 0.25) is 0 Å². The van der Waals surface area contributed by atoms with Gasteiger partial charge in [-0.2, -0.15) is 0 Å². The van der Waals surface area contributed by atoms with E-state index in [0.717, 1.165) is 61.9 Å². The van der Waals surface area contributed by atoms with Crippen molar-refractivity contribution in [1.82, 2.24) is 20.2 Å². The summed E-state index contributed by atoms with van der Waals surface area (Å²) >= 11 is 1.40. The molecule has 4 rings (SSSR count). The van der Waals surface area contributed by atoms with Gasteiger partial charge in [-0.05, 0) is 55.2 Å². The zero-order chi connectivity index (χ0) is 23.6. The summed E-state index contributed by atoms with van der Waals surface area (Å²) in [7, 11) is 0. The van der Waals surface area contributed by atoms with Crippen molar-refractivity contribution in [2.45, 2.75) is 19.3 Å². The summed E-state index contributed by atoms with van der Waals surface area (Å²) in [5.74, 6) is 0.418. The van der Waals surface area contributed by atoms with E-state index in [4.69, 9.17) is 9.84 Å². The van der Waals surface area contributed by atoms with Crippen molar-refractivity contribution in [3.63, 3.8) is 0 Å². The number of benzene rings is 1. The molecular formula is C25H31N5O3S. The van der Waals surface area contributed by atoms with Gasteiger partial charge in [0.1, 0.15) is 0 Å². The molecule has 1 fully saturated rings. The lowest BCUT2D eigenvalue weighted by atomic mass is 10.1. The molecule has 180 valence electrons. The number of carbonyl (C=O) groups excluding carboxylic acids is 1.